The third kappa shape index (κ3) is 6.97. The average molecular weight is 623 g/mol. The number of benzene rings is 2. The zero-order valence-electron chi connectivity index (χ0n) is 22.7. The monoisotopic (exact) mass is 622 g/mol. The number of hydrogen-bond acceptors (Lipinski definition) is 10. The minimum Gasteiger partial charge on any atom is -0.772 e. The third-order valence-electron chi connectivity index (χ3n) is 7.80. The molecule has 0 amide bonds. The second-order valence-electron chi connectivity index (χ2n) is 10.7. The lowest BCUT2D eigenvalue weighted by atomic mass is 9.88. The Morgan fingerprint density at radius 2 is 2.02 bits per heavy atom. The molecular formula is C28H33FN3O8S2-. The van der Waals surface area contributed by atoms with Crippen LogP contribution in [0.5, 0.6) is 5.75 Å². The Balaban J connectivity index is 1.09. The van der Waals surface area contributed by atoms with E-state index >= 15 is 0 Å². The van der Waals surface area contributed by atoms with Crippen molar-refractivity contribution < 1.29 is 41.3 Å². The predicted octanol–water partition coefficient (Wildman–Crippen LogP) is 1.63. The maximum Gasteiger partial charge on any atom is 0.243 e. The van der Waals surface area contributed by atoms with Gasteiger partial charge in [0.15, 0.2) is 0 Å². The van der Waals surface area contributed by atoms with Gasteiger partial charge in [0.05, 0.1) is 34.5 Å². The Bertz CT molecular complexity index is 1530. The van der Waals surface area contributed by atoms with Crippen molar-refractivity contribution in [3.8, 4) is 5.75 Å². The average Bonchev–Trinajstić information content (AvgIpc) is 3.36. The van der Waals surface area contributed by atoms with Gasteiger partial charge in [-0.05, 0) is 72.3 Å². The number of ether oxygens (including phenoxy) is 2. The van der Waals surface area contributed by atoms with E-state index in [4.69, 9.17) is 9.47 Å². The molecule has 2 saturated heterocycles. The molecule has 3 N–H and O–H groups in total. The lowest BCUT2D eigenvalue weighted by Gasteiger charge is -2.38. The van der Waals surface area contributed by atoms with Crippen LogP contribution in [0, 0.1) is 5.82 Å². The van der Waals surface area contributed by atoms with E-state index < -0.39 is 50.5 Å². The molecule has 42 heavy (non-hydrogen) atoms. The molecule has 228 valence electrons. The molecule has 0 bridgehead atoms. The van der Waals surface area contributed by atoms with Crippen molar-refractivity contribution in [2.75, 3.05) is 39.5 Å². The van der Waals surface area contributed by atoms with Gasteiger partial charge in [0.2, 0.25) is 10.0 Å². The van der Waals surface area contributed by atoms with Crippen molar-refractivity contribution in [2.24, 2.45) is 0 Å². The summed E-state index contributed by atoms with van der Waals surface area (Å²) in [5.41, 5.74) is 0.342. The number of aliphatic hydroxyl groups is 2. The van der Waals surface area contributed by atoms with E-state index in [1.807, 2.05) is 6.07 Å². The first-order chi connectivity index (χ1) is 20.1. The number of fused-ring (bicyclic) bond motifs is 1. The standard InChI is InChI=1S/C28H34FN3O8S2/c29-21-10-20(27(16-33)41(35)36)11-24(13-21)39-18-23(34)15-31-22-14-28(40-17-22)5-8-32(9-6-28)42(37,38)25-3-4-26-19(12-25)2-1-7-30-26/h1-4,7,10-13,22-23,27,31,33-34H,5-6,8-9,14-18H2,(H,35,36)/p-1/t22-,23+,27?/m1/s1. The molecule has 1 aromatic heterocycles. The van der Waals surface area contributed by atoms with Gasteiger partial charge >= 0.3 is 0 Å². The van der Waals surface area contributed by atoms with Gasteiger partial charge in [-0.3, -0.25) is 9.19 Å². The fraction of sp³-hybridized carbons (Fsp3) is 0.464. The van der Waals surface area contributed by atoms with E-state index in [-0.39, 0.29) is 35.4 Å². The van der Waals surface area contributed by atoms with Gasteiger partial charge in [-0.2, -0.15) is 4.31 Å². The molecule has 2 unspecified atom stereocenters. The van der Waals surface area contributed by atoms with Crippen LogP contribution in [0.1, 0.15) is 30.1 Å². The summed E-state index contributed by atoms with van der Waals surface area (Å²) in [4.78, 5) is 4.49. The van der Waals surface area contributed by atoms with Crippen LogP contribution in [0.25, 0.3) is 10.9 Å². The molecule has 11 nitrogen and oxygen atoms in total. The quantitative estimate of drug-likeness (QED) is 0.268. The van der Waals surface area contributed by atoms with E-state index in [0.29, 0.717) is 39.0 Å². The Morgan fingerprint density at radius 1 is 1.24 bits per heavy atom. The zero-order chi connectivity index (χ0) is 29.9. The normalized spacial score (nSPS) is 21.4. The van der Waals surface area contributed by atoms with Crippen LogP contribution in [0.2, 0.25) is 0 Å². The van der Waals surface area contributed by atoms with Crippen LogP contribution < -0.4 is 10.1 Å². The Morgan fingerprint density at radius 3 is 2.76 bits per heavy atom. The third-order valence-corrected chi connectivity index (χ3v) is 10.6. The van der Waals surface area contributed by atoms with Crippen molar-refractivity contribution in [2.45, 2.75) is 47.2 Å². The van der Waals surface area contributed by atoms with Crippen molar-refractivity contribution in [3.05, 3.63) is 66.1 Å². The lowest BCUT2D eigenvalue weighted by Crippen LogP contribution is -2.47. The van der Waals surface area contributed by atoms with Gasteiger partial charge in [0.1, 0.15) is 24.3 Å². The molecule has 3 aromatic rings. The number of aliphatic hydroxyl groups excluding tert-OH is 2. The molecule has 0 radical (unpaired) electrons. The van der Waals surface area contributed by atoms with Crippen LogP contribution in [-0.2, 0) is 25.8 Å². The molecular weight excluding hydrogens is 589 g/mol. The highest BCUT2D eigenvalue weighted by atomic mass is 32.2. The summed E-state index contributed by atoms with van der Waals surface area (Å²) in [6.07, 6.45) is 2.49. The van der Waals surface area contributed by atoms with Crippen LogP contribution in [0.3, 0.4) is 0 Å². The van der Waals surface area contributed by atoms with Crippen LogP contribution in [0.15, 0.2) is 59.6 Å². The van der Waals surface area contributed by atoms with E-state index in [1.54, 1.807) is 30.5 Å². The van der Waals surface area contributed by atoms with Crippen LogP contribution >= 0.6 is 0 Å². The van der Waals surface area contributed by atoms with Gasteiger partial charge in [0, 0.05) is 43.3 Å². The van der Waals surface area contributed by atoms with E-state index in [0.717, 1.165) is 23.0 Å². The first kappa shape index (κ1) is 30.9. The molecule has 0 saturated carbocycles. The summed E-state index contributed by atoms with van der Waals surface area (Å²) in [6.45, 7) is 0.392. The summed E-state index contributed by atoms with van der Waals surface area (Å²) in [7, 11) is -3.66. The van der Waals surface area contributed by atoms with Gasteiger partial charge in [0.25, 0.3) is 0 Å². The number of aromatic nitrogens is 1. The van der Waals surface area contributed by atoms with Crippen LogP contribution in [-0.4, -0.2) is 93.9 Å². The van der Waals surface area contributed by atoms with Gasteiger partial charge in [-0.1, -0.05) is 6.07 Å². The summed E-state index contributed by atoms with van der Waals surface area (Å²) in [6, 6.07) is 11.9. The minimum absolute atomic E-state index is 0.0400. The highest BCUT2D eigenvalue weighted by Gasteiger charge is 2.44. The maximum atomic E-state index is 14.0. The number of pyridine rings is 1. The summed E-state index contributed by atoms with van der Waals surface area (Å²) < 4.78 is 76.3. The van der Waals surface area contributed by atoms with Gasteiger partial charge in [-0.25, -0.2) is 12.8 Å². The van der Waals surface area contributed by atoms with Crippen molar-refractivity contribution in [1.82, 2.24) is 14.6 Å². The maximum absolute atomic E-state index is 14.0. The van der Waals surface area contributed by atoms with E-state index in [1.165, 1.54) is 10.4 Å². The van der Waals surface area contributed by atoms with E-state index in [2.05, 4.69) is 10.3 Å². The highest BCUT2D eigenvalue weighted by molar-refractivity contribution is 7.89. The SMILES string of the molecule is O=S([O-])C(CO)c1cc(F)cc(OC[C@@H](O)CN[C@H]2COC3(CCN(S(=O)(=O)c4ccc5ncccc5c4)CC3)C2)c1. The molecule has 5 rings (SSSR count). The Kier molecular flexibility index (Phi) is 9.54. The number of hydrogen-bond donors (Lipinski definition) is 3. The highest BCUT2D eigenvalue weighted by Crippen LogP contribution is 2.37. The zero-order valence-corrected chi connectivity index (χ0v) is 24.4. The fourth-order valence-corrected chi connectivity index (χ4v) is 7.46. The smallest absolute Gasteiger partial charge is 0.243 e. The minimum atomic E-state index is -3.66. The molecule has 2 aliphatic heterocycles. The molecule has 14 heteroatoms. The second-order valence-corrected chi connectivity index (χ2v) is 13.7. The van der Waals surface area contributed by atoms with Crippen LogP contribution in [0.4, 0.5) is 4.39 Å². The largest absolute Gasteiger partial charge is 0.772 e. The van der Waals surface area contributed by atoms with Gasteiger partial charge < -0.3 is 29.6 Å². The number of nitrogens with one attached hydrogen (secondary N) is 1. The number of sulfonamides is 1. The molecule has 4 atom stereocenters. The number of rotatable bonds is 11. The summed E-state index contributed by atoms with van der Waals surface area (Å²) in [5.74, 6) is -0.681. The first-order valence-corrected chi connectivity index (χ1v) is 16.2. The van der Waals surface area contributed by atoms with Crippen molar-refractivity contribution >= 4 is 32.0 Å². The molecule has 3 heterocycles. The van der Waals surface area contributed by atoms with E-state index in [9.17, 15) is 31.8 Å². The van der Waals surface area contributed by atoms with Gasteiger partial charge in [-0.15, -0.1) is 0 Å². The molecule has 2 fully saturated rings. The van der Waals surface area contributed by atoms with Crippen molar-refractivity contribution in [3.63, 3.8) is 0 Å². The summed E-state index contributed by atoms with van der Waals surface area (Å²) >= 11 is -2.64. The fourth-order valence-electron chi connectivity index (χ4n) is 5.51. The molecule has 1 spiro atoms. The number of nitrogens with zero attached hydrogens (tertiary/aromatic N) is 2. The number of piperidine rings is 1. The molecule has 2 aromatic carbocycles. The first-order valence-electron chi connectivity index (χ1n) is 13.6. The lowest BCUT2D eigenvalue weighted by molar-refractivity contribution is -0.0312. The summed E-state index contributed by atoms with van der Waals surface area (Å²) in [5, 5.41) is 22.4. The predicted molar refractivity (Wildman–Crippen MR) is 151 cm³/mol. The Labute approximate surface area is 246 Å². The number of halogens is 1. The Hall–Kier alpha value is -2.56. The van der Waals surface area contributed by atoms with Crippen molar-refractivity contribution in [1.29, 1.82) is 0 Å². The molecule has 2 aliphatic rings. The second kappa shape index (κ2) is 13.0. The topological polar surface area (TPSA) is 161 Å². The molecule has 0 aliphatic carbocycles.